The van der Waals surface area contributed by atoms with Gasteiger partial charge in [0.25, 0.3) is 0 Å². The van der Waals surface area contributed by atoms with Crippen LogP contribution in [0.5, 0.6) is 0 Å². The van der Waals surface area contributed by atoms with E-state index in [0.29, 0.717) is 0 Å². The van der Waals surface area contributed by atoms with Gasteiger partial charge in [0.15, 0.2) is 0 Å². The summed E-state index contributed by atoms with van der Waals surface area (Å²) in [5.74, 6) is 1.11. The number of nitrogens with zero attached hydrogens (tertiary/aromatic N) is 1. The lowest BCUT2D eigenvalue weighted by atomic mass is 9.75. The van der Waals surface area contributed by atoms with Gasteiger partial charge in [0.2, 0.25) is 0 Å². The molecule has 0 aromatic rings. The third kappa shape index (κ3) is 2.76. The van der Waals surface area contributed by atoms with E-state index in [9.17, 15) is 4.79 Å². The molecule has 3 heteroatoms. The van der Waals surface area contributed by atoms with Crippen molar-refractivity contribution >= 4 is 5.97 Å². The fraction of sp³-hybridized carbons (Fsp3) is 0.923. The van der Waals surface area contributed by atoms with Gasteiger partial charge in [-0.05, 0) is 38.1 Å². The molecule has 3 unspecified atom stereocenters. The summed E-state index contributed by atoms with van der Waals surface area (Å²) >= 11 is 0. The van der Waals surface area contributed by atoms with Gasteiger partial charge in [0.05, 0.1) is 6.42 Å². The molecule has 3 nitrogen and oxygen atoms in total. The predicted molar refractivity (Wildman–Crippen MR) is 63.4 cm³/mol. The highest BCUT2D eigenvalue weighted by molar-refractivity contribution is 5.67. The second kappa shape index (κ2) is 5.17. The van der Waals surface area contributed by atoms with Crippen LogP contribution in [0.2, 0.25) is 0 Å². The van der Waals surface area contributed by atoms with E-state index >= 15 is 0 Å². The largest absolute Gasteiger partial charge is 0.481 e. The average molecular weight is 225 g/mol. The number of hydrogen-bond donors (Lipinski definition) is 1. The van der Waals surface area contributed by atoms with Crippen LogP contribution < -0.4 is 0 Å². The van der Waals surface area contributed by atoms with Crippen molar-refractivity contribution in [2.75, 3.05) is 13.1 Å². The van der Waals surface area contributed by atoms with E-state index in [4.69, 9.17) is 5.11 Å². The number of piperidine rings is 1. The summed E-state index contributed by atoms with van der Waals surface area (Å²) in [6, 6.07) is 0.209. The number of carbonyl (C=O) groups is 1. The van der Waals surface area contributed by atoms with Crippen LogP contribution in [0.3, 0.4) is 0 Å². The van der Waals surface area contributed by atoms with Crippen LogP contribution in [-0.2, 0) is 4.79 Å². The Balaban J connectivity index is 1.86. The molecule has 0 radical (unpaired) electrons. The first-order valence-corrected chi connectivity index (χ1v) is 6.62. The van der Waals surface area contributed by atoms with Gasteiger partial charge in [0.1, 0.15) is 0 Å². The maximum atomic E-state index is 10.7. The Labute approximate surface area is 97.8 Å². The Morgan fingerprint density at radius 1 is 1.31 bits per heavy atom. The molecule has 3 atom stereocenters. The highest BCUT2D eigenvalue weighted by Crippen LogP contribution is 2.36. The highest BCUT2D eigenvalue weighted by atomic mass is 16.4. The third-order valence-corrected chi connectivity index (χ3v) is 4.42. The van der Waals surface area contributed by atoms with E-state index in [2.05, 4.69) is 11.8 Å². The zero-order valence-electron chi connectivity index (χ0n) is 10.2. The zero-order valence-corrected chi connectivity index (χ0v) is 10.2. The number of fused-ring (bicyclic) bond motifs is 1. The molecule has 0 bridgehead atoms. The minimum absolute atomic E-state index is 0.209. The topological polar surface area (TPSA) is 40.5 Å². The van der Waals surface area contributed by atoms with Crippen molar-refractivity contribution in [1.82, 2.24) is 4.90 Å². The minimum Gasteiger partial charge on any atom is -0.481 e. The lowest BCUT2D eigenvalue weighted by Crippen LogP contribution is -2.46. The van der Waals surface area contributed by atoms with E-state index in [1.165, 1.54) is 32.1 Å². The van der Waals surface area contributed by atoms with Gasteiger partial charge in [-0.1, -0.05) is 19.3 Å². The summed E-state index contributed by atoms with van der Waals surface area (Å²) in [5.41, 5.74) is 0. The Morgan fingerprint density at radius 3 is 2.69 bits per heavy atom. The molecule has 2 fully saturated rings. The Morgan fingerprint density at radius 2 is 2.00 bits per heavy atom. The first kappa shape index (κ1) is 11.9. The molecule has 0 aromatic carbocycles. The van der Waals surface area contributed by atoms with Crippen LogP contribution in [0.1, 0.15) is 45.4 Å². The van der Waals surface area contributed by atoms with Crippen molar-refractivity contribution in [1.29, 1.82) is 0 Å². The number of aliphatic carboxylic acids is 1. The smallest absolute Gasteiger partial charge is 0.304 e. The molecule has 1 N–H and O–H groups in total. The number of carboxylic acids is 1. The molecule has 1 aliphatic heterocycles. The first-order chi connectivity index (χ1) is 7.66. The molecule has 0 aromatic heterocycles. The fourth-order valence-corrected chi connectivity index (χ4v) is 3.41. The van der Waals surface area contributed by atoms with E-state index in [1.807, 2.05) is 0 Å². The van der Waals surface area contributed by atoms with E-state index in [-0.39, 0.29) is 12.5 Å². The van der Waals surface area contributed by atoms with Gasteiger partial charge in [-0.15, -0.1) is 0 Å². The molecule has 16 heavy (non-hydrogen) atoms. The second-order valence-corrected chi connectivity index (χ2v) is 5.54. The summed E-state index contributed by atoms with van der Waals surface area (Å²) in [6.45, 7) is 4.30. The minimum atomic E-state index is -0.668. The molecule has 1 saturated heterocycles. The number of carboxylic acid groups (broad SMARTS) is 1. The van der Waals surface area contributed by atoms with Crippen molar-refractivity contribution in [2.45, 2.75) is 51.5 Å². The van der Waals surface area contributed by atoms with E-state index in [1.54, 1.807) is 0 Å². The van der Waals surface area contributed by atoms with Crippen LogP contribution in [-0.4, -0.2) is 35.1 Å². The standard InChI is InChI=1S/C13H23NO2/c1-10(8-13(15)16)14-7-6-11-4-2-3-5-12(11)9-14/h10-12H,2-9H2,1H3,(H,15,16). The van der Waals surface area contributed by atoms with Crippen LogP contribution in [0.4, 0.5) is 0 Å². The molecule has 0 spiro atoms. The monoisotopic (exact) mass is 225 g/mol. The predicted octanol–water partition coefficient (Wildman–Crippen LogP) is 2.36. The molecular weight excluding hydrogens is 202 g/mol. The number of rotatable bonds is 3. The quantitative estimate of drug-likeness (QED) is 0.801. The van der Waals surface area contributed by atoms with Gasteiger partial charge >= 0.3 is 5.97 Å². The Hall–Kier alpha value is -0.570. The van der Waals surface area contributed by atoms with Crippen molar-refractivity contribution in [3.05, 3.63) is 0 Å². The molecule has 2 rings (SSSR count). The maximum Gasteiger partial charge on any atom is 0.304 e. The molecule has 1 saturated carbocycles. The van der Waals surface area contributed by atoms with Crippen molar-refractivity contribution in [2.24, 2.45) is 11.8 Å². The van der Waals surface area contributed by atoms with Gasteiger partial charge < -0.3 is 5.11 Å². The highest BCUT2D eigenvalue weighted by Gasteiger charge is 2.32. The van der Waals surface area contributed by atoms with Gasteiger partial charge in [-0.3, -0.25) is 9.69 Å². The van der Waals surface area contributed by atoms with Crippen LogP contribution in [0.15, 0.2) is 0 Å². The lowest BCUT2D eigenvalue weighted by Gasteiger charge is -2.43. The molecule has 0 amide bonds. The second-order valence-electron chi connectivity index (χ2n) is 5.54. The normalized spacial score (nSPS) is 33.1. The summed E-state index contributed by atoms with van der Waals surface area (Å²) in [5, 5.41) is 8.82. The van der Waals surface area contributed by atoms with Crippen molar-refractivity contribution in [3.63, 3.8) is 0 Å². The molecular formula is C13H23NO2. The molecule has 92 valence electrons. The molecule has 2 aliphatic rings. The van der Waals surface area contributed by atoms with Gasteiger partial charge in [-0.25, -0.2) is 0 Å². The van der Waals surface area contributed by atoms with E-state index in [0.717, 1.165) is 24.9 Å². The fourth-order valence-electron chi connectivity index (χ4n) is 3.41. The summed E-state index contributed by atoms with van der Waals surface area (Å²) in [4.78, 5) is 13.1. The Bertz CT molecular complexity index is 254. The van der Waals surface area contributed by atoms with Crippen LogP contribution in [0, 0.1) is 11.8 Å². The summed E-state index contributed by atoms with van der Waals surface area (Å²) < 4.78 is 0. The SMILES string of the molecule is CC(CC(=O)O)N1CCC2CCCCC2C1. The van der Waals surface area contributed by atoms with Crippen molar-refractivity contribution in [3.8, 4) is 0 Å². The van der Waals surface area contributed by atoms with Crippen LogP contribution in [0.25, 0.3) is 0 Å². The van der Waals surface area contributed by atoms with Gasteiger partial charge in [-0.2, -0.15) is 0 Å². The average Bonchev–Trinajstić information content (AvgIpc) is 2.27. The first-order valence-electron chi connectivity index (χ1n) is 6.62. The summed E-state index contributed by atoms with van der Waals surface area (Å²) in [7, 11) is 0. The van der Waals surface area contributed by atoms with Crippen molar-refractivity contribution < 1.29 is 9.90 Å². The number of hydrogen-bond acceptors (Lipinski definition) is 2. The summed E-state index contributed by atoms with van der Waals surface area (Å²) in [6.07, 6.45) is 7.13. The number of likely N-dealkylation sites (tertiary alicyclic amines) is 1. The lowest BCUT2D eigenvalue weighted by molar-refractivity contribution is -0.138. The van der Waals surface area contributed by atoms with E-state index < -0.39 is 5.97 Å². The third-order valence-electron chi connectivity index (χ3n) is 4.42. The zero-order chi connectivity index (χ0) is 11.5. The van der Waals surface area contributed by atoms with Crippen LogP contribution >= 0.6 is 0 Å². The maximum absolute atomic E-state index is 10.7. The Kier molecular flexibility index (Phi) is 3.85. The van der Waals surface area contributed by atoms with Gasteiger partial charge in [0, 0.05) is 12.6 Å². The molecule has 1 heterocycles. The molecule has 1 aliphatic carbocycles.